The molecule has 0 saturated carbocycles. The maximum absolute atomic E-state index is 12.6. The first-order valence-electron chi connectivity index (χ1n) is 10.3. The fourth-order valence-electron chi connectivity index (χ4n) is 3.37. The third-order valence-corrected chi connectivity index (χ3v) is 6.09. The number of nitrogens with zero attached hydrogens (tertiary/aromatic N) is 3. The average Bonchev–Trinajstić information content (AvgIpc) is 3.20. The highest BCUT2D eigenvalue weighted by molar-refractivity contribution is 7.20. The largest absolute Gasteiger partial charge is 0.357 e. The molecule has 7 heteroatoms. The van der Waals surface area contributed by atoms with Gasteiger partial charge in [-0.2, -0.15) is 4.98 Å². The van der Waals surface area contributed by atoms with E-state index in [-0.39, 0.29) is 5.91 Å². The zero-order valence-electron chi connectivity index (χ0n) is 17.8. The van der Waals surface area contributed by atoms with Crippen molar-refractivity contribution >= 4 is 50.5 Å². The highest BCUT2D eigenvalue weighted by Gasteiger charge is 2.11. The Bertz CT molecular complexity index is 1170. The van der Waals surface area contributed by atoms with Crippen LogP contribution >= 0.6 is 11.3 Å². The first kappa shape index (κ1) is 20.8. The Kier molecular flexibility index (Phi) is 6.13. The molecule has 158 valence electrons. The van der Waals surface area contributed by atoms with E-state index in [1.807, 2.05) is 67.6 Å². The van der Waals surface area contributed by atoms with Gasteiger partial charge in [0.25, 0.3) is 5.91 Å². The number of aromatic nitrogens is 2. The molecule has 6 nitrogen and oxygen atoms in total. The molecule has 0 aliphatic rings. The first-order valence-corrected chi connectivity index (χ1v) is 11.1. The summed E-state index contributed by atoms with van der Waals surface area (Å²) in [6.07, 6.45) is 0. The monoisotopic (exact) mass is 431 g/mol. The van der Waals surface area contributed by atoms with E-state index in [1.54, 1.807) is 0 Å². The van der Waals surface area contributed by atoms with Gasteiger partial charge in [0.1, 0.15) is 5.82 Å². The highest BCUT2D eigenvalue weighted by Crippen LogP contribution is 2.26. The number of benzene rings is 2. The second-order valence-corrected chi connectivity index (χ2v) is 8.25. The standard InChI is InChI=1S/C24H25N5OS/c1-4-29(5-2)22-14-16(3)25-24(28-22)27-19-12-10-18(11-13-19)26-23(30)21-15-17-8-6-7-9-20(17)31-21/h6-15H,4-5H2,1-3H3,(H,26,30)(H,25,27,28). The van der Waals surface area contributed by atoms with Crippen molar-refractivity contribution in [2.24, 2.45) is 0 Å². The molecule has 2 aromatic heterocycles. The third-order valence-electron chi connectivity index (χ3n) is 4.98. The molecule has 0 aliphatic heterocycles. The molecule has 2 heterocycles. The Hall–Kier alpha value is -3.45. The van der Waals surface area contributed by atoms with Gasteiger partial charge in [-0.3, -0.25) is 4.79 Å². The summed E-state index contributed by atoms with van der Waals surface area (Å²) < 4.78 is 1.11. The Labute approximate surface area is 186 Å². The van der Waals surface area contributed by atoms with E-state index in [4.69, 9.17) is 0 Å². The van der Waals surface area contributed by atoms with Crippen LogP contribution in [0, 0.1) is 6.92 Å². The van der Waals surface area contributed by atoms with Crippen LogP contribution in [-0.2, 0) is 0 Å². The molecule has 0 bridgehead atoms. The van der Waals surface area contributed by atoms with Gasteiger partial charge in [0.05, 0.1) is 4.88 Å². The highest BCUT2D eigenvalue weighted by atomic mass is 32.1. The van der Waals surface area contributed by atoms with Crippen LogP contribution in [0.3, 0.4) is 0 Å². The van der Waals surface area contributed by atoms with Crippen molar-refractivity contribution in [3.63, 3.8) is 0 Å². The summed E-state index contributed by atoms with van der Waals surface area (Å²) in [5.74, 6) is 1.36. The summed E-state index contributed by atoms with van der Waals surface area (Å²) in [5, 5.41) is 7.31. The Morgan fingerprint density at radius 1 is 0.968 bits per heavy atom. The molecule has 2 N–H and O–H groups in total. The molecule has 0 saturated heterocycles. The molecule has 1 amide bonds. The van der Waals surface area contributed by atoms with Crippen molar-refractivity contribution in [3.05, 3.63) is 71.2 Å². The predicted octanol–water partition coefficient (Wildman–Crippen LogP) is 5.84. The van der Waals surface area contributed by atoms with Crippen LogP contribution in [0.4, 0.5) is 23.1 Å². The molecular formula is C24H25N5OS. The summed E-state index contributed by atoms with van der Waals surface area (Å²) in [5.41, 5.74) is 2.50. The van der Waals surface area contributed by atoms with Crippen molar-refractivity contribution in [1.29, 1.82) is 0 Å². The van der Waals surface area contributed by atoms with Crippen LogP contribution in [0.2, 0.25) is 0 Å². The molecular weight excluding hydrogens is 406 g/mol. The van der Waals surface area contributed by atoms with Gasteiger partial charge >= 0.3 is 0 Å². The zero-order chi connectivity index (χ0) is 21.8. The number of anilines is 4. The maximum atomic E-state index is 12.6. The minimum absolute atomic E-state index is 0.104. The van der Waals surface area contributed by atoms with Crippen molar-refractivity contribution < 1.29 is 4.79 Å². The summed E-state index contributed by atoms with van der Waals surface area (Å²) in [4.78, 5) is 24.6. The lowest BCUT2D eigenvalue weighted by Gasteiger charge is -2.20. The second-order valence-electron chi connectivity index (χ2n) is 7.17. The number of thiophene rings is 1. The van der Waals surface area contributed by atoms with Crippen LogP contribution in [0.5, 0.6) is 0 Å². The van der Waals surface area contributed by atoms with Crippen LogP contribution in [0.25, 0.3) is 10.1 Å². The number of hydrogen-bond donors (Lipinski definition) is 2. The number of fused-ring (bicyclic) bond motifs is 1. The number of carbonyl (C=O) groups is 1. The number of aryl methyl sites for hydroxylation is 1. The predicted molar refractivity (Wildman–Crippen MR) is 130 cm³/mol. The zero-order valence-corrected chi connectivity index (χ0v) is 18.7. The van der Waals surface area contributed by atoms with Crippen LogP contribution in [-0.4, -0.2) is 29.0 Å². The average molecular weight is 432 g/mol. The normalized spacial score (nSPS) is 10.8. The van der Waals surface area contributed by atoms with Gasteiger partial charge in [0.2, 0.25) is 5.95 Å². The molecule has 0 unspecified atom stereocenters. The molecule has 4 rings (SSSR count). The fourth-order valence-corrected chi connectivity index (χ4v) is 4.33. The second kappa shape index (κ2) is 9.14. The topological polar surface area (TPSA) is 70.2 Å². The van der Waals surface area contributed by atoms with Gasteiger partial charge in [-0.05, 0) is 62.6 Å². The number of carbonyl (C=O) groups excluding carboxylic acids is 1. The summed E-state index contributed by atoms with van der Waals surface area (Å²) >= 11 is 1.49. The quantitative estimate of drug-likeness (QED) is 0.385. The molecule has 0 fully saturated rings. The Morgan fingerprint density at radius 2 is 1.68 bits per heavy atom. The summed E-state index contributed by atoms with van der Waals surface area (Å²) in [6.45, 7) is 7.97. The van der Waals surface area contributed by atoms with E-state index in [2.05, 4.69) is 39.3 Å². The van der Waals surface area contributed by atoms with Crippen LogP contribution in [0.1, 0.15) is 29.2 Å². The summed E-state index contributed by atoms with van der Waals surface area (Å²) in [7, 11) is 0. The van der Waals surface area contributed by atoms with Crippen LogP contribution < -0.4 is 15.5 Å². The van der Waals surface area contributed by atoms with Gasteiger partial charge in [0.15, 0.2) is 0 Å². The van der Waals surface area contributed by atoms with Gasteiger partial charge in [-0.15, -0.1) is 11.3 Å². The first-order chi connectivity index (χ1) is 15.1. The number of hydrogen-bond acceptors (Lipinski definition) is 6. The van der Waals surface area contributed by atoms with Gasteiger partial charge in [0, 0.05) is 40.9 Å². The lowest BCUT2D eigenvalue weighted by molar-refractivity contribution is 0.103. The number of nitrogens with one attached hydrogen (secondary N) is 2. The lowest BCUT2D eigenvalue weighted by atomic mass is 10.2. The van der Waals surface area contributed by atoms with E-state index < -0.39 is 0 Å². The van der Waals surface area contributed by atoms with E-state index in [0.717, 1.165) is 46.1 Å². The maximum Gasteiger partial charge on any atom is 0.265 e. The molecule has 2 aromatic carbocycles. The van der Waals surface area contributed by atoms with Crippen LogP contribution in [0.15, 0.2) is 60.7 Å². The number of amides is 1. The third kappa shape index (κ3) is 4.83. The lowest BCUT2D eigenvalue weighted by Crippen LogP contribution is -2.23. The Morgan fingerprint density at radius 3 is 2.39 bits per heavy atom. The van der Waals surface area contributed by atoms with Gasteiger partial charge < -0.3 is 15.5 Å². The van der Waals surface area contributed by atoms with E-state index in [9.17, 15) is 4.79 Å². The van der Waals surface area contributed by atoms with Crippen molar-refractivity contribution in [3.8, 4) is 0 Å². The van der Waals surface area contributed by atoms with E-state index in [0.29, 0.717) is 10.8 Å². The molecule has 0 spiro atoms. The minimum atomic E-state index is -0.104. The molecule has 0 aliphatic carbocycles. The minimum Gasteiger partial charge on any atom is -0.357 e. The fraction of sp³-hybridized carbons (Fsp3) is 0.208. The van der Waals surface area contributed by atoms with E-state index in [1.165, 1.54) is 11.3 Å². The molecule has 0 radical (unpaired) electrons. The van der Waals surface area contributed by atoms with Gasteiger partial charge in [-0.25, -0.2) is 4.98 Å². The Balaban J connectivity index is 1.45. The van der Waals surface area contributed by atoms with Gasteiger partial charge in [-0.1, -0.05) is 18.2 Å². The summed E-state index contributed by atoms with van der Waals surface area (Å²) in [6, 6.07) is 19.5. The number of rotatable bonds is 7. The van der Waals surface area contributed by atoms with Crippen molar-refractivity contribution in [1.82, 2.24) is 9.97 Å². The SMILES string of the molecule is CCN(CC)c1cc(C)nc(Nc2ccc(NC(=O)c3cc4ccccc4s3)cc2)n1. The van der Waals surface area contributed by atoms with Crippen molar-refractivity contribution in [2.45, 2.75) is 20.8 Å². The molecule has 0 atom stereocenters. The smallest absolute Gasteiger partial charge is 0.265 e. The molecule has 4 aromatic rings. The van der Waals surface area contributed by atoms with E-state index >= 15 is 0 Å². The van der Waals surface area contributed by atoms with Crippen molar-refractivity contribution in [2.75, 3.05) is 28.6 Å². The molecule has 31 heavy (non-hydrogen) atoms.